The fourth-order valence-electron chi connectivity index (χ4n) is 2.70. The SMILES string of the molecule is O=C(Cc1cc(I)c(Oc2ccc(O)c(I)c2)c(I)c1)Oc1c(F)c(F)c(S(=O)(=O)O)c(F)c1F. The molecule has 3 aromatic carbocycles. The van der Waals surface area contributed by atoms with E-state index >= 15 is 0 Å². The van der Waals surface area contributed by atoms with Crippen molar-refractivity contribution in [2.75, 3.05) is 0 Å². The quantitative estimate of drug-likeness (QED) is 0.0789. The number of halogens is 7. The molecule has 0 aliphatic heterocycles. The maximum absolute atomic E-state index is 14.1. The van der Waals surface area contributed by atoms with Crippen molar-refractivity contribution in [2.45, 2.75) is 11.3 Å². The molecule has 3 rings (SSSR count). The molecule has 35 heavy (non-hydrogen) atoms. The van der Waals surface area contributed by atoms with Gasteiger partial charge in [0.25, 0.3) is 0 Å². The van der Waals surface area contributed by atoms with E-state index < -0.39 is 56.4 Å². The van der Waals surface area contributed by atoms with Crippen molar-refractivity contribution in [3.63, 3.8) is 0 Å². The van der Waals surface area contributed by atoms with Crippen molar-refractivity contribution in [3.05, 3.63) is 69.9 Å². The molecule has 0 fully saturated rings. The number of phenols is 1. The molecule has 0 aliphatic rings. The van der Waals surface area contributed by atoms with Crippen LogP contribution in [0.5, 0.6) is 23.0 Å². The van der Waals surface area contributed by atoms with Gasteiger partial charge in [0.05, 0.1) is 17.1 Å². The molecule has 0 unspecified atom stereocenters. The van der Waals surface area contributed by atoms with E-state index in [1.807, 2.05) is 67.8 Å². The molecule has 3 aromatic rings. The van der Waals surface area contributed by atoms with E-state index in [1.165, 1.54) is 18.2 Å². The van der Waals surface area contributed by atoms with Crippen LogP contribution >= 0.6 is 67.8 Å². The summed E-state index contributed by atoms with van der Waals surface area (Å²) in [6.45, 7) is 0. The third-order valence-corrected chi connectivity index (χ3v) is 7.54. The summed E-state index contributed by atoms with van der Waals surface area (Å²) in [5.41, 5.74) is 0.299. The first-order chi connectivity index (χ1) is 16.2. The Hall–Kier alpha value is -1.45. The predicted octanol–water partition coefficient (Wildman–Crippen LogP) is 5.95. The van der Waals surface area contributed by atoms with Crippen molar-refractivity contribution >= 4 is 83.9 Å². The molecule has 0 amide bonds. The molecule has 0 aromatic heterocycles. The molecule has 15 heteroatoms. The maximum atomic E-state index is 14.1. The molecule has 0 radical (unpaired) electrons. The monoisotopic (exact) mass is 850 g/mol. The second kappa shape index (κ2) is 10.9. The fourth-order valence-corrected chi connectivity index (χ4v) is 5.94. The highest BCUT2D eigenvalue weighted by Crippen LogP contribution is 2.36. The molecule has 0 aliphatic carbocycles. The van der Waals surface area contributed by atoms with E-state index in [2.05, 4.69) is 4.74 Å². The lowest BCUT2D eigenvalue weighted by Gasteiger charge is -2.13. The second-order valence-electron chi connectivity index (χ2n) is 6.64. The number of hydrogen-bond donors (Lipinski definition) is 2. The van der Waals surface area contributed by atoms with E-state index in [4.69, 9.17) is 9.29 Å². The van der Waals surface area contributed by atoms with Gasteiger partial charge in [-0.25, -0.2) is 8.78 Å². The molecule has 0 bridgehead atoms. The van der Waals surface area contributed by atoms with Crippen LogP contribution in [-0.2, 0) is 21.3 Å². The van der Waals surface area contributed by atoms with Gasteiger partial charge in [-0.15, -0.1) is 0 Å². The Morgan fingerprint density at radius 1 is 0.857 bits per heavy atom. The first kappa shape index (κ1) is 28.1. The Bertz CT molecular complexity index is 1410. The Morgan fingerprint density at radius 3 is 1.89 bits per heavy atom. The van der Waals surface area contributed by atoms with Gasteiger partial charge in [-0.1, -0.05) is 0 Å². The first-order valence-corrected chi connectivity index (χ1v) is 13.6. The lowest BCUT2D eigenvalue weighted by molar-refractivity contribution is -0.134. The lowest BCUT2D eigenvalue weighted by atomic mass is 10.1. The third kappa shape index (κ3) is 6.28. The predicted molar refractivity (Wildman–Crippen MR) is 138 cm³/mol. The highest BCUT2D eigenvalue weighted by Gasteiger charge is 2.34. The van der Waals surface area contributed by atoms with Crippen LogP contribution in [0.15, 0.2) is 35.2 Å². The van der Waals surface area contributed by atoms with Crippen LogP contribution in [0.25, 0.3) is 0 Å². The van der Waals surface area contributed by atoms with Crippen LogP contribution in [0.3, 0.4) is 0 Å². The number of aromatic hydroxyl groups is 1. The zero-order valence-electron chi connectivity index (χ0n) is 16.6. The summed E-state index contributed by atoms with van der Waals surface area (Å²) >= 11 is 5.77. The van der Waals surface area contributed by atoms with E-state index in [9.17, 15) is 35.9 Å². The van der Waals surface area contributed by atoms with Crippen LogP contribution in [0, 0.1) is 34.0 Å². The van der Waals surface area contributed by atoms with Gasteiger partial charge in [-0.2, -0.15) is 17.2 Å². The molecular weight excluding hydrogens is 841 g/mol. The van der Waals surface area contributed by atoms with Crippen molar-refractivity contribution in [1.29, 1.82) is 0 Å². The van der Waals surface area contributed by atoms with E-state index in [1.54, 1.807) is 12.1 Å². The van der Waals surface area contributed by atoms with Crippen LogP contribution in [0.1, 0.15) is 5.56 Å². The standard InChI is InChI=1S/C20H9F4I3O7S/c21-14-16(23)20(35(30,31)32)17(24)15(22)19(14)34-13(29)5-7-3-10(26)18(11(27)4-7)33-8-1-2-12(28)9(25)6-8/h1-4,6,28H,5H2,(H,30,31,32). The van der Waals surface area contributed by atoms with Gasteiger partial charge in [0, 0.05) is 0 Å². The molecule has 7 nitrogen and oxygen atoms in total. The minimum Gasteiger partial charge on any atom is -0.507 e. The van der Waals surface area contributed by atoms with Crippen LogP contribution < -0.4 is 9.47 Å². The number of carbonyl (C=O) groups excluding carboxylic acids is 1. The number of benzene rings is 3. The van der Waals surface area contributed by atoms with Gasteiger partial charge in [0.2, 0.25) is 17.4 Å². The fraction of sp³-hybridized carbons (Fsp3) is 0.0500. The summed E-state index contributed by atoms with van der Waals surface area (Å²) in [6.07, 6.45) is -0.578. The van der Waals surface area contributed by atoms with Crippen LogP contribution in [0.2, 0.25) is 0 Å². The van der Waals surface area contributed by atoms with Crippen molar-refractivity contribution in [2.24, 2.45) is 0 Å². The molecule has 0 atom stereocenters. The van der Waals surface area contributed by atoms with Crippen LogP contribution in [-0.4, -0.2) is 24.0 Å². The summed E-state index contributed by atoms with van der Waals surface area (Å²) in [5.74, 6) is -11.7. The topological polar surface area (TPSA) is 110 Å². The van der Waals surface area contributed by atoms with Gasteiger partial charge >= 0.3 is 16.1 Å². The summed E-state index contributed by atoms with van der Waals surface area (Å²) in [6, 6.07) is 7.60. The smallest absolute Gasteiger partial charge is 0.315 e. The molecule has 0 spiro atoms. The highest BCUT2D eigenvalue weighted by atomic mass is 127. The van der Waals surface area contributed by atoms with Gasteiger partial charge < -0.3 is 14.6 Å². The zero-order chi connectivity index (χ0) is 26.2. The van der Waals surface area contributed by atoms with E-state index in [-0.39, 0.29) is 5.75 Å². The summed E-state index contributed by atoms with van der Waals surface area (Å²) in [4.78, 5) is 9.99. The normalized spacial score (nSPS) is 11.4. The summed E-state index contributed by atoms with van der Waals surface area (Å²) < 4.78 is 98.7. The van der Waals surface area contributed by atoms with Crippen molar-refractivity contribution < 1.29 is 49.9 Å². The van der Waals surface area contributed by atoms with Gasteiger partial charge in [0.1, 0.15) is 11.5 Å². The number of esters is 1. The van der Waals surface area contributed by atoms with Crippen molar-refractivity contribution in [3.8, 4) is 23.0 Å². The second-order valence-corrected chi connectivity index (χ2v) is 11.5. The van der Waals surface area contributed by atoms with Gasteiger partial charge in [-0.05, 0) is 104 Å². The number of phenolic OH excluding ortho intramolecular Hbond substituents is 1. The molecule has 186 valence electrons. The van der Waals surface area contributed by atoms with Gasteiger partial charge in [-0.3, -0.25) is 9.35 Å². The number of hydrogen-bond acceptors (Lipinski definition) is 6. The third-order valence-electron chi connectivity index (χ3n) is 4.20. The Kier molecular flexibility index (Phi) is 8.75. The Labute approximate surface area is 236 Å². The average molecular weight is 850 g/mol. The minimum absolute atomic E-state index is 0.0801. The molecule has 0 heterocycles. The van der Waals surface area contributed by atoms with Gasteiger partial charge in [0.15, 0.2) is 22.3 Å². The van der Waals surface area contributed by atoms with E-state index in [0.29, 0.717) is 27.8 Å². The maximum Gasteiger partial charge on any atom is 0.315 e. The lowest BCUT2D eigenvalue weighted by Crippen LogP contribution is -2.17. The molecular formula is C20H9F4I3O7S. The molecule has 0 saturated heterocycles. The van der Waals surface area contributed by atoms with E-state index in [0.717, 1.165) is 0 Å². The highest BCUT2D eigenvalue weighted by molar-refractivity contribution is 14.1. The summed E-state index contributed by atoms with van der Waals surface area (Å²) in [5, 5.41) is 9.62. The number of ether oxygens (including phenoxy) is 2. The van der Waals surface area contributed by atoms with Crippen molar-refractivity contribution in [1.82, 2.24) is 0 Å². The number of rotatable bonds is 6. The Balaban J connectivity index is 1.84. The minimum atomic E-state index is -5.64. The van der Waals surface area contributed by atoms with Crippen LogP contribution in [0.4, 0.5) is 17.6 Å². The average Bonchev–Trinajstić information content (AvgIpc) is 2.74. The molecule has 0 saturated carbocycles. The largest absolute Gasteiger partial charge is 0.507 e. The summed E-state index contributed by atoms with van der Waals surface area (Å²) in [7, 11) is -5.64. The Morgan fingerprint density at radius 2 is 1.40 bits per heavy atom. The zero-order valence-corrected chi connectivity index (χ0v) is 23.9. The molecule has 2 N–H and O–H groups in total. The number of carbonyl (C=O) groups is 1. The first-order valence-electron chi connectivity index (χ1n) is 8.89.